The molecule has 0 bridgehead atoms. The minimum absolute atomic E-state index is 0.165. The molecule has 0 aliphatic rings. The van der Waals surface area contributed by atoms with E-state index in [1.54, 1.807) is 19.0 Å². The van der Waals surface area contributed by atoms with E-state index in [9.17, 15) is 4.79 Å². The Morgan fingerprint density at radius 1 is 1.29 bits per heavy atom. The van der Waals surface area contributed by atoms with Crippen LogP contribution in [-0.2, 0) is 17.9 Å². The fourth-order valence-electron chi connectivity index (χ4n) is 2.51. The van der Waals surface area contributed by atoms with Gasteiger partial charge >= 0.3 is 0 Å². The molecule has 0 atom stereocenters. The summed E-state index contributed by atoms with van der Waals surface area (Å²) in [5, 5.41) is 4.69. The normalized spacial score (nSPS) is 11.0. The molecule has 0 spiro atoms. The van der Waals surface area contributed by atoms with Gasteiger partial charge in [0.25, 0.3) is 0 Å². The van der Waals surface area contributed by atoms with Gasteiger partial charge in [-0.2, -0.15) is 0 Å². The summed E-state index contributed by atoms with van der Waals surface area (Å²) in [6, 6.07) is 8.51. The third-order valence-corrected chi connectivity index (χ3v) is 3.68. The second-order valence-corrected chi connectivity index (χ2v) is 5.58. The highest BCUT2D eigenvalue weighted by Crippen LogP contribution is 2.21. The van der Waals surface area contributed by atoms with Gasteiger partial charge in [0.2, 0.25) is 5.91 Å². The van der Waals surface area contributed by atoms with Crippen LogP contribution in [0.3, 0.4) is 0 Å². The second-order valence-electron chi connectivity index (χ2n) is 5.58. The van der Waals surface area contributed by atoms with Crippen molar-refractivity contribution in [3.8, 4) is 0 Å². The zero-order chi connectivity index (χ0) is 15.2. The number of para-hydroxylation sites is 1. The van der Waals surface area contributed by atoms with Crippen molar-refractivity contribution in [2.24, 2.45) is 0 Å². The van der Waals surface area contributed by atoms with Crippen LogP contribution in [0.5, 0.6) is 0 Å². The Morgan fingerprint density at radius 3 is 2.81 bits per heavy atom. The third kappa shape index (κ3) is 3.85. The predicted molar refractivity (Wildman–Crippen MR) is 87.2 cm³/mol. The predicted octanol–water partition coefficient (Wildman–Crippen LogP) is 2.62. The maximum Gasteiger partial charge on any atom is 0.223 e. The number of fused-ring (bicyclic) bond motifs is 1. The van der Waals surface area contributed by atoms with Crippen LogP contribution in [0, 0.1) is 0 Å². The van der Waals surface area contributed by atoms with Crippen molar-refractivity contribution >= 4 is 16.8 Å². The minimum atomic E-state index is 0.165. The van der Waals surface area contributed by atoms with E-state index in [1.807, 2.05) is 0 Å². The van der Waals surface area contributed by atoms with Crippen molar-refractivity contribution in [1.29, 1.82) is 0 Å². The number of nitrogens with zero attached hydrogens (tertiary/aromatic N) is 2. The van der Waals surface area contributed by atoms with Gasteiger partial charge < -0.3 is 14.8 Å². The highest BCUT2D eigenvalue weighted by Gasteiger charge is 2.09. The number of nitrogens with one attached hydrogen (secondary N) is 1. The van der Waals surface area contributed by atoms with Gasteiger partial charge in [-0.25, -0.2) is 0 Å². The molecule has 0 aliphatic carbocycles. The first-order valence-corrected chi connectivity index (χ1v) is 7.61. The first-order chi connectivity index (χ1) is 10.1. The van der Waals surface area contributed by atoms with Crippen molar-refractivity contribution in [2.75, 3.05) is 20.6 Å². The molecule has 0 radical (unpaired) electrons. The zero-order valence-corrected chi connectivity index (χ0v) is 13.2. The molecule has 2 aromatic rings. The lowest BCUT2D eigenvalue weighted by molar-refractivity contribution is -0.128. The summed E-state index contributed by atoms with van der Waals surface area (Å²) in [6.45, 7) is 4.79. The van der Waals surface area contributed by atoms with Crippen molar-refractivity contribution < 1.29 is 4.79 Å². The maximum absolute atomic E-state index is 11.8. The van der Waals surface area contributed by atoms with Crippen molar-refractivity contribution in [3.05, 3.63) is 36.0 Å². The number of hydrogen-bond acceptors (Lipinski definition) is 2. The summed E-state index contributed by atoms with van der Waals surface area (Å²) in [5.74, 6) is 0.165. The van der Waals surface area contributed by atoms with Crippen LogP contribution in [0.2, 0.25) is 0 Å². The molecule has 2 rings (SSSR count). The quantitative estimate of drug-likeness (QED) is 0.795. The van der Waals surface area contributed by atoms with E-state index in [-0.39, 0.29) is 5.91 Å². The minimum Gasteiger partial charge on any atom is -0.349 e. The lowest BCUT2D eigenvalue weighted by Gasteiger charge is -2.13. The molecule has 1 aromatic heterocycles. The smallest absolute Gasteiger partial charge is 0.223 e. The molecule has 1 amide bonds. The van der Waals surface area contributed by atoms with Crippen LogP contribution in [0.25, 0.3) is 10.9 Å². The maximum atomic E-state index is 11.8. The Labute approximate surface area is 126 Å². The highest BCUT2D eigenvalue weighted by atomic mass is 16.2. The number of aromatic nitrogens is 1. The molecule has 1 N–H and O–H groups in total. The van der Waals surface area contributed by atoms with Crippen LogP contribution in [0.4, 0.5) is 0 Å². The van der Waals surface area contributed by atoms with Gasteiger partial charge in [0.1, 0.15) is 0 Å². The number of aryl methyl sites for hydroxylation is 1. The van der Waals surface area contributed by atoms with E-state index in [2.05, 4.69) is 47.3 Å². The van der Waals surface area contributed by atoms with Crippen molar-refractivity contribution in [3.63, 3.8) is 0 Å². The fraction of sp³-hybridized carbons (Fsp3) is 0.471. The Bertz CT molecular complexity index is 601. The van der Waals surface area contributed by atoms with E-state index in [4.69, 9.17) is 0 Å². The van der Waals surface area contributed by atoms with Gasteiger partial charge in [0.15, 0.2) is 0 Å². The molecule has 0 saturated heterocycles. The second kappa shape index (κ2) is 7.27. The molecular weight excluding hydrogens is 262 g/mol. The summed E-state index contributed by atoms with van der Waals surface area (Å²) < 4.78 is 2.19. The molecule has 0 unspecified atom stereocenters. The van der Waals surface area contributed by atoms with Crippen LogP contribution in [0.1, 0.15) is 25.3 Å². The average Bonchev–Trinajstić information content (AvgIpc) is 2.89. The Hall–Kier alpha value is -1.81. The summed E-state index contributed by atoms with van der Waals surface area (Å²) in [6.07, 6.45) is 3.75. The van der Waals surface area contributed by atoms with E-state index in [0.29, 0.717) is 6.42 Å². The Kier molecular flexibility index (Phi) is 5.39. The molecule has 114 valence electrons. The Balaban J connectivity index is 2.17. The van der Waals surface area contributed by atoms with Crippen LogP contribution < -0.4 is 5.32 Å². The largest absolute Gasteiger partial charge is 0.349 e. The van der Waals surface area contributed by atoms with E-state index in [0.717, 1.165) is 26.1 Å². The summed E-state index contributed by atoms with van der Waals surface area (Å²) in [7, 11) is 3.60. The summed E-state index contributed by atoms with van der Waals surface area (Å²) in [5.41, 5.74) is 2.54. The summed E-state index contributed by atoms with van der Waals surface area (Å²) in [4.78, 5) is 13.4. The van der Waals surface area contributed by atoms with E-state index >= 15 is 0 Å². The van der Waals surface area contributed by atoms with Gasteiger partial charge in [0.05, 0.1) is 5.52 Å². The third-order valence-electron chi connectivity index (χ3n) is 3.68. The highest BCUT2D eigenvalue weighted by molar-refractivity contribution is 5.83. The van der Waals surface area contributed by atoms with Gasteiger partial charge in [-0.05, 0) is 30.0 Å². The average molecular weight is 287 g/mol. The van der Waals surface area contributed by atoms with Crippen LogP contribution in [-0.4, -0.2) is 36.0 Å². The molecule has 1 heterocycles. The molecule has 0 aliphatic heterocycles. The van der Waals surface area contributed by atoms with Crippen molar-refractivity contribution in [2.45, 2.75) is 32.9 Å². The first-order valence-electron chi connectivity index (χ1n) is 7.61. The molecule has 21 heavy (non-hydrogen) atoms. The molecule has 0 fully saturated rings. The number of carbonyl (C=O) groups is 1. The Morgan fingerprint density at radius 2 is 2.10 bits per heavy atom. The lowest BCUT2D eigenvalue weighted by atomic mass is 10.1. The molecule has 0 saturated carbocycles. The zero-order valence-electron chi connectivity index (χ0n) is 13.2. The van der Waals surface area contributed by atoms with Gasteiger partial charge in [-0.1, -0.05) is 25.1 Å². The number of carbonyl (C=O) groups excluding carboxylic acids is 1. The van der Waals surface area contributed by atoms with Crippen LogP contribution >= 0.6 is 0 Å². The lowest BCUT2D eigenvalue weighted by Crippen LogP contribution is -2.22. The molecular formula is C17H25N3O. The molecule has 4 nitrogen and oxygen atoms in total. The van der Waals surface area contributed by atoms with E-state index in [1.165, 1.54) is 16.5 Å². The number of benzene rings is 1. The first kappa shape index (κ1) is 15.6. The van der Waals surface area contributed by atoms with Gasteiger partial charge in [-0.15, -0.1) is 0 Å². The fourth-order valence-corrected chi connectivity index (χ4v) is 2.51. The number of hydrogen-bond donors (Lipinski definition) is 1. The summed E-state index contributed by atoms with van der Waals surface area (Å²) >= 11 is 0. The monoisotopic (exact) mass is 287 g/mol. The number of amides is 1. The topological polar surface area (TPSA) is 37.3 Å². The van der Waals surface area contributed by atoms with Gasteiger partial charge in [0, 0.05) is 39.8 Å². The van der Waals surface area contributed by atoms with Gasteiger partial charge in [-0.3, -0.25) is 4.79 Å². The number of rotatable bonds is 7. The van der Waals surface area contributed by atoms with Crippen molar-refractivity contribution in [1.82, 2.24) is 14.8 Å². The SMILES string of the molecule is CCCNCc1cccc2ccn(CCC(=O)N(C)C)c12. The molecule has 1 aromatic carbocycles. The standard InChI is InChI=1S/C17H25N3O/c1-4-10-18-13-15-7-5-6-14-8-11-20(17(14)15)12-9-16(21)19(2)3/h5-8,11,18H,4,9-10,12-13H2,1-3H3. The van der Waals surface area contributed by atoms with E-state index < -0.39 is 0 Å². The molecule has 4 heteroatoms. The van der Waals surface area contributed by atoms with Crippen LogP contribution in [0.15, 0.2) is 30.5 Å².